The summed E-state index contributed by atoms with van der Waals surface area (Å²) in [7, 11) is 1.66. The Morgan fingerprint density at radius 2 is 1.66 bits per heavy atom. The first-order chi connectivity index (χ1) is 13.9. The summed E-state index contributed by atoms with van der Waals surface area (Å²) in [6.07, 6.45) is 5.38. The number of aryl methyl sites for hydroxylation is 3. The first kappa shape index (κ1) is 20.4. The summed E-state index contributed by atoms with van der Waals surface area (Å²) in [5.41, 5.74) is 3.59. The molecular weight excluding hydrogens is 368 g/mol. The van der Waals surface area contributed by atoms with E-state index in [-0.39, 0.29) is 17.8 Å². The number of hydrogen-bond acceptors (Lipinski definition) is 5. The molecule has 0 radical (unpaired) electrons. The van der Waals surface area contributed by atoms with Gasteiger partial charge in [-0.3, -0.25) is 9.63 Å². The summed E-state index contributed by atoms with van der Waals surface area (Å²) in [5.74, 6) is -0.0541. The number of rotatable bonds is 4. The summed E-state index contributed by atoms with van der Waals surface area (Å²) < 4.78 is 0. The Kier molecular flexibility index (Phi) is 5.44. The van der Waals surface area contributed by atoms with E-state index in [4.69, 9.17) is 9.68 Å². The van der Waals surface area contributed by atoms with Crippen LogP contribution in [-0.2, 0) is 14.5 Å². The highest BCUT2D eigenvalue weighted by molar-refractivity contribution is 6.23. The zero-order valence-electron chi connectivity index (χ0n) is 18.0. The predicted molar refractivity (Wildman–Crippen MR) is 111 cm³/mol. The van der Waals surface area contributed by atoms with Crippen LogP contribution >= 0.6 is 0 Å². The van der Waals surface area contributed by atoms with Gasteiger partial charge in [-0.25, -0.2) is 5.06 Å². The van der Waals surface area contributed by atoms with Gasteiger partial charge in [-0.1, -0.05) is 30.5 Å². The van der Waals surface area contributed by atoms with Crippen LogP contribution in [0.2, 0.25) is 0 Å². The number of benzene rings is 1. The SMILES string of the molecule is CON1CCC2(CC1)C(O)=C(c1c(C)cc(C)cc1C)C(=O)N2OC1CCCC1. The normalized spacial score (nSPS) is 23.0. The topological polar surface area (TPSA) is 62.2 Å². The number of hydrogen-bond donors (Lipinski definition) is 1. The molecule has 1 amide bonds. The van der Waals surface area contributed by atoms with Crippen molar-refractivity contribution in [3.05, 3.63) is 40.1 Å². The minimum atomic E-state index is -0.812. The molecule has 2 heterocycles. The van der Waals surface area contributed by atoms with Crippen LogP contribution < -0.4 is 0 Å². The molecule has 1 aromatic rings. The lowest BCUT2D eigenvalue weighted by Gasteiger charge is -2.43. The molecule has 3 aliphatic rings. The van der Waals surface area contributed by atoms with Gasteiger partial charge in [-0.2, -0.15) is 5.06 Å². The number of piperidine rings is 1. The third-order valence-corrected chi connectivity index (χ3v) is 6.76. The van der Waals surface area contributed by atoms with Crippen LogP contribution in [0.25, 0.3) is 5.57 Å². The summed E-state index contributed by atoms with van der Waals surface area (Å²) in [6.45, 7) is 7.33. The number of amides is 1. The standard InChI is InChI=1S/C23H32N2O4/c1-15-13-16(2)19(17(3)14-15)20-21(26)23(9-11-24(28-4)12-10-23)25(22(20)27)29-18-7-5-6-8-18/h13-14,18,26H,5-12H2,1-4H3. The van der Waals surface area contributed by atoms with E-state index in [2.05, 4.69) is 12.1 Å². The molecule has 1 saturated carbocycles. The number of aliphatic hydroxyl groups excluding tert-OH is 1. The van der Waals surface area contributed by atoms with Gasteiger partial charge in [0, 0.05) is 13.1 Å². The van der Waals surface area contributed by atoms with Crippen LogP contribution in [0.3, 0.4) is 0 Å². The molecule has 1 aromatic carbocycles. The van der Waals surface area contributed by atoms with Crippen molar-refractivity contribution in [2.75, 3.05) is 20.2 Å². The van der Waals surface area contributed by atoms with Crippen molar-refractivity contribution in [2.45, 2.75) is 70.9 Å². The zero-order valence-corrected chi connectivity index (χ0v) is 18.0. The van der Waals surface area contributed by atoms with Crippen molar-refractivity contribution >= 4 is 11.5 Å². The highest BCUT2D eigenvalue weighted by Crippen LogP contribution is 2.47. The van der Waals surface area contributed by atoms with Gasteiger partial charge in [0.15, 0.2) is 0 Å². The molecule has 1 saturated heterocycles. The van der Waals surface area contributed by atoms with E-state index in [0.717, 1.165) is 47.9 Å². The maximum Gasteiger partial charge on any atom is 0.282 e. The molecule has 6 nitrogen and oxygen atoms in total. The lowest BCUT2D eigenvalue weighted by atomic mass is 9.85. The molecule has 1 aliphatic carbocycles. The number of aliphatic hydroxyl groups is 1. The Balaban J connectivity index is 1.78. The molecule has 0 bridgehead atoms. The Hall–Kier alpha value is -1.89. The molecule has 4 rings (SSSR count). The second-order valence-corrected chi connectivity index (χ2v) is 8.75. The maximum atomic E-state index is 13.7. The number of hydroxylamine groups is 4. The first-order valence-electron chi connectivity index (χ1n) is 10.7. The second-order valence-electron chi connectivity index (χ2n) is 8.75. The average Bonchev–Trinajstić information content (AvgIpc) is 3.26. The average molecular weight is 401 g/mol. The van der Waals surface area contributed by atoms with Crippen LogP contribution in [0.4, 0.5) is 0 Å². The van der Waals surface area contributed by atoms with Gasteiger partial charge in [0.1, 0.15) is 11.3 Å². The van der Waals surface area contributed by atoms with Crippen LogP contribution in [0.5, 0.6) is 0 Å². The Morgan fingerprint density at radius 1 is 1.07 bits per heavy atom. The van der Waals surface area contributed by atoms with E-state index in [1.54, 1.807) is 7.11 Å². The number of carbonyl (C=O) groups excluding carboxylic acids is 1. The molecule has 2 fully saturated rings. The summed E-state index contributed by atoms with van der Waals surface area (Å²) in [6, 6.07) is 4.13. The fraction of sp³-hybridized carbons (Fsp3) is 0.609. The molecular formula is C23H32N2O4. The first-order valence-corrected chi connectivity index (χ1v) is 10.7. The van der Waals surface area contributed by atoms with Crippen molar-refractivity contribution in [1.82, 2.24) is 10.1 Å². The maximum absolute atomic E-state index is 13.7. The minimum absolute atomic E-state index is 0.0450. The van der Waals surface area contributed by atoms with E-state index in [1.807, 2.05) is 25.8 Å². The van der Waals surface area contributed by atoms with E-state index in [9.17, 15) is 9.90 Å². The molecule has 0 atom stereocenters. The van der Waals surface area contributed by atoms with Crippen molar-refractivity contribution in [2.24, 2.45) is 0 Å². The molecule has 0 aromatic heterocycles. The molecule has 29 heavy (non-hydrogen) atoms. The minimum Gasteiger partial charge on any atom is -0.509 e. The van der Waals surface area contributed by atoms with Crippen molar-refractivity contribution in [3.63, 3.8) is 0 Å². The van der Waals surface area contributed by atoms with Crippen LogP contribution in [0.1, 0.15) is 60.8 Å². The van der Waals surface area contributed by atoms with E-state index in [1.165, 1.54) is 5.06 Å². The van der Waals surface area contributed by atoms with E-state index in [0.29, 0.717) is 31.5 Å². The van der Waals surface area contributed by atoms with Gasteiger partial charge in [-0.05, 0) is 63.1 Å². The fourth-order valence-electron chi connectivity index (χ4n) is 5.30. The van der Waals surface area contributed by atoms with Gasteiger partial charge < -0.3 is 9.94 Å². The Morgan fingerprint density at radius 3 is 2.21 bits per heavy atom. The molecule has 2 aliphatic heterocycles. The number of carbonyl (C=O) groups is 1. The van der Waals surface area contributed by atoms with Crippen LogP contribution in [-0.4, -0.2) is 53.0 Å². The Labute approximate surface area is 173 Å². The number of nitrogens with zero attached hydrogens (tertiary/aromatic N) is 2. The monoisotopic (exact) mass is 400 g/mol. The van der Waals surface area contributed by atoms with Crippen molar-refractivity contribution in [3.8, 4) is 0 Å². The molecule has 6 heteroatoms. The van der Waals surface area contributed by atoms with E-state index >= 15 is 0 Å². The smallest absolute Gasteiger partial charge is 0.282 e. The molecule has 1 spiro atoms. The molecule has 1 N–H and O–H groups in total. The van der Waals surface area contributed by atoms with Crippen molar-refractivity contribution < 1.29 is 19.6 Å². The quantitative estimate of drug-likeness (QED) is 0.828. The van der Waals surface area contributed by atoms with Gasteiger partial charge in [0.25, 0.3) is 5.91 Å². The van der Waals surface area contributed by atoms with Gasteiger partial charge in [-0.15, -0.1) is 0 Å². The Bertz CT molecular complexity index is 810. The lowest BCUT2D eigenvalue weighted by molar-refractivity contribution is -0.249. The van der Waals surface area contributed by atoms with Gasteiger partial charge in [0.2, 0.25) is 0 Å². The third-order valence-electron chi connectivity index (χ3n) is 6.76. The highest BCUT2D eigenvalue weighted by Gasteiger charge is 2.56. The van der Waals surface area contributed by atoms with Gasteiger partial charge in [0.05, 0.1) is 18.8 Å². The second kappa shape index (κ2) is 7.74. The van der Waals surface area contributed by atoms with Crippen LogP contribution in [0, 0.1) is 20.8 Å². The largest absolute Gasteiger partial charge is 0.509 e. The highest BCUT2D eigenvalue weighted by atomic mass is 16.7. The predicted octanol–water partition coefficient (Wildman–Crippen LogP) is 3.99. The fourth-order valence-corrected chi connectivity index (χ4v) is 5.30. The summed E-state index contributed by atoms with van der Waals surface area (Å²) in [4.78, 5) is 25.3. The lowest BCUT2D eigenvalue weighted by Crippen LogP contribution is -2.55. The van der Waals surface area contributed by atoms with Crippen molar-refractivity contribution in [1.29, 1.82) is 0 Å². The van der Waals surface area contributed by atoms with Crippen LogP contribution in [0.15, 0.2) is 17.9 Å². The molecule has 158 valence electrons. The zero-order chi connectivity index (χ0) is 20.8. The van der Waals surface area contributed by atoms with Gasteiger partial charge >= 0.3 is 0 Å². The summed E-state index contributed by atoms with van der Waals surface area (Å²) in [5, 5.41) is 14.9. The molecule has 0 unspecified atom stereocenters. The van der Waals surface area contributed by atoms with E-state index < -0.39 is 5.54 Å². The third kappa shape index (κ3) is 3.37. The summed E-state index contributed by atoms with van der Waals surface area (Å²) >= 11 is 0.